The van der Waals surface area contributed by atoms with Crippen LogP contribution in [0.5, 0.6) is 0 Å². The average molecular weight is 591 g/mol. The standard InChI is InChI=1S/2C9H15O2Si.2CH3.2ClH.H2Si.Zr/c2*1-10-8-6-5-7-9(8)11-12(2,3)4;;;;;;/h2*6H,5H2,1-4H3;2*1H3;2*1H;1H2;/q4*-1;;;;. The number of allylic oxidation sites excluding steroid dienone is 4. The third kappa shape index (κ3) is 17.9. The molecular formula is C20H40Cl2O4Si3Zr-4. The minimum absolute atomic E-state index is 0. The van der Waals surface area contributed by atoms with E-state index in [0.29, 0.717) is 0 Å². The number of methoxy groups -OCH3 is 2. The normalized spacial score (nSPS) is 13.7. The van der Waals surface area contributed by atoms with E-state index in [1.54, 1.807) is 37.6 Å². The van der Waals surface area contributed by atoms with Crippen LogP contribution in [0.25, 0.3) is 0 Å². The molecule has 2 aliphatic carbocycles. The average Bonchev–Trinajstić information content (AvgIpc) is 3.15. The van der Waals surface area contributed by atoms with Gasteiger partial charge in [0.1, 0.15) is 0 Å². The summed E-state index contributed by atoms with van der Waals surface area (Å²) >= 11 is 1.58. The van der Waals surface area contributed by atoms with Gasteiger partial charge >= 0.3 is 30.2 Å². The SMILES string of the molecule is COC1=CC[C-]=C1O[Si](C)(C)C.COC1=CC[C-]=C1O[Si](C)(C)C.Cl.Cl.[CH3-].[CH3-].[SiH2]=[Zr]. The van der Waals surface area contributed by atoms with Gasteiger partial charge in [0.2, 0.25) is 16.6 Å². The molecule has 2 aliphatic rings. The van der Waals surface area contributed by atoms with Gasteiger partial charge in [-0.2, -0.15) is 0 Å². The van der Waals surface area contributed by atoms with Crippen LogP contribution in [0.4, 0.5) is 0 Å². The molecule has 0 fully saturated rings. The van der Waals surface area contributed by atoms with Crippen LogP contribution in [0.3, 0.4) is 0 Å². The Labute approximate surface area is 217 Å². The van der Waals surface area contributed by atoms with E-state index in [-0.39, 0.29) is 39.7 Å². The van der Waals surface area contributed by atoms with E-state index in [4.69, 9.17) is 18.3 Å². The quantitative estimate of drug-likeness (QED) is 0.292. The van der Waals surface area contributed by atoms with Gasteiger partial charge in [0, 0.05) is 0 Å². The molecular weight excluding hydrogens is 551 g/mol. The molecule has 0 saturated carbocycles. The summed E-state index contributed by atoms with van der Waals surface area (Å²) in [5.74, 6) is 3.27. The third-order valence-corrected chi connectivity index (χ3v) is 4.44. The molecule has 0 saturated heterocycles. The molecule has 0 aliphatic heterocycles. The molecule has 2 rings (SSSR count). The van der Waals surface area contributed by atoms with Crippen LogP contribution in [-0.4, -0.2) is 37.7 Å². The molecule has 0 unspecified atom stereocenters. The van der Waals surface area contributed by atoms with Crippen LogP contribution in [0, 0.1) is 27.0 Å². The number of halogens is 2. The first-order valence-corrected chi connectivity index (χ1v) is 21.2. The Morgan fingerprint density at radius 1 is 0.733 bits per heavy atom. The van der Waals surface area contributed by atoms with Crippen LogP contribution in [0.1, 0.15) is 12.8 Å². The zero-order valence-corrected chi connectivity index (χ0v) is 27.7. The molecule has 0 radical (unpaired) electrons. The van der Waals surface area contributed by atoms with E-state index in [9.17, 15) is 0 Å². The van der Waals surface area contributed by atoms with Crippen LogP contribution in [0.15, 0.2) is 35.2 Å². The van der Waals surface area contributed by atoms with E-state index in [1.165, 1.54) is 0 Å². The van der Waals surface area contributed by atoms with Crippen LogP contribution in [0.2, 0.25) is 39.3 Å². The van der Waals surface area contributed by atoms with Gasteiger partial charge in [0.15, 0.2) is 0 Å². The summed E-state index contributed by atoms with van der Waals surface area (Å²) in [4.78, 5) is 0. The Morgan fingerprint density at radius 2 is 1.00 bits per heavy atom. The predicted molar refractivity (Wildman–Crippen MR) is 138 cm³/mol. The van der Waals surface area contributed by atoms with Crippen molar-refractivity contribution in [2.24, 2.45) is 0 Å². The maximum atomic E-state index is 5.75. The fraction of sp³-hybridized carbons (Fsp3) is 0.500. The summed E-state index contributed by atoms with van der Waals surface area (Å²) in [7, 11) is 0.317. The summed E-state index contributed by atoms with van der Waals surface area (Å²) in [5, 5.41) is 0. The van der Waals surface area contributed by atoms with Gasteiger partial charge in [-0.1, -0.05) is 0 Å². The number of hydrogen-bond donors (Lipinski definition) is 0. The zero-order valence-electron chi connectivity index (χ0n) is 20.2. The molecule has 0 atom stereocenters. The van der Waals surface area contributed by atoms with Crippen LogP contribution < -0.4 is 0 Å². The Hall–Kier alpha value is 0.274. The van der Waals surface area contributed by atoms with E-state index in [2.05, 4.69) is 51.4 Å². The molecule has 4 nitrogen and oxygen atoms in total. The number of hydrogen-bond acceptors (Lipinski definition) is 4. The van der Waals surface area contributed by atoms with Crippen molar-refractivity contribution < 1.29 is 41.7 Å². The van der Waals surface area contributed by atoms with Crippen molar-refractivity contribution in [1.29, 1.82) is 0 Å². The van der Waals surface area contributed by atoms with Gasteiger partial charge in [-0.05, 0) is 62.3 Å². The second-order valence-corrected chi connectivity index (χ2v) is 16.3. The van der Waals surface area contributed by atoms with Crippen molar-refractivity contribution in [2.45, 2.75) is 52.1 Å². The molecule has 0 N–H and O–H groups in total. The molecule has 0 aromatic rings. The Bertz CT molecular complexity index is 532. The van der Waals surface area contributed by atoms with Crippen molar-refractivity contribution in [3.63, 3.8) is 0 Å². The van der Waals surface area contributed by atoms with Crippen molar-refractivity contribution in [3.8, 4) is 0 Å². The molecule has 0 spiro atoms. The molecule has 10 heteroatoms. The first-order valence-electron chi connectivity index (χ1n) is 8.50. The van der Waals surface area contributed by atoms with Gasteiger partial charge in [-0.15, -0.1) is 49.8 Å². The summed E-state index contributed by atoms with van der Waals surface area (Å²) in [6.45, 7) is 14.8. The van der Waals surface area contributed by atoms with Crippen molar-refractivity contribution in [3.05, 3.63) is 62.2 Å². The Balaban J connectivity index is -0.000000114. The Morgan fingerprint density at radius 3 is 1.20 bits per heavy atom. The molecule has 30 heavy (non-hydrogen) atoms. The third-order valence-electron chi connectivity index (χ3n) is 2.80. The van der Waals surface area contributed by atoms with Gasteiger partial charge in [0.05, 0.1) is 14.2 Å². The Kier molecular flexibility index (Phi) is 27.0. The van der Waals surface area contributed by atoms with Gasteiger partial charge in [0.25, 0.3) is 0 Å². The molecule has 0 bridgehead atoms. The van der Waals surface area contributed by atoms with Crippen molar-refractivity contribution in [2.75, 3.05) is 14.2 Å². The second kappa shape index (κ2) is 19.9. The summed E-state index contributed by atoms with van der Waals surface area (Å²) in [6, 6.07) is 0. The topological polar surface area (TPSA) is 36.9 Å². The van der Waals surface area contributed by atoms with Crippen molar-refractivity contribution in [1.82, 2.24) is 0 Å². The van der Waals surface area contributed by atoms with Gasteiger partial charge in [-0.25, -0.2) is 12.2 Å². The van der Waals surface area contributed by atoms with Crippen molar-refractivity contribution >= 4 is 48.3 Å². The number of rotatable bonds is 6. The van der Waals surface area contributed by atoms with Gasteiger partial charge in [-0.3, -0.25) is 0 Å². The maximum absolute atomic E-state index is 5.75. The molecule has 0 aromatic carbocycles. The predicted octanol–water partition coefficient (Wildman–Crippen LogP) is 5.74. The molecule has 0 aromatic heterocycles. The van der Waals surface area contributed by atoms with E-state index < -0.39 is 16.6 Å². The summed E-state index contributed by atoms with van der Waals surface area (Å²) in [6.07, 6.45) is 11.8. The molecule has 0 amide bonds. The molecule has 0 heterocycles. The fourth-order valence-electron chi connectivity index (χ4n) is 1.97. The number of ether oxygens (including phenoxy) is 2. The molecule has 178 valence electrons. The fourth-order valence-corrected chi connectivity index (χ4v) is 3.54. The minimum atomic E-state index is -1.50. The van der Waals surface area contributed by atoms with E-state index >= 15 is 0 Å². The first kappa shape index (κ1) is 40.6. The van der Waals surface area contributed by atoms with Crippen LogP contribution in [-0.2, 0) is 41.7 Å². The summed E-state index contributed by atoms with van der Waals surface area (Å²) in [5.41, 5.74) is 0. The first-order chi connectivity index (χ1) is 12.1. The van der Waals surface area contributed by atoms with Gasteiger partial charge < -0.3 is 33.2 Å². The van der Waals surface area contributed by atoms with Crippen LogP contribution >= 0.6 is 24.8 Å². The zero-order chi connectivity index (χ0) is 20.4. The van der Waals surface area contributed by atoms with E-state index in [1.807, 2.05) is 19.0 Å². The summed E-state index contributed by atoms with van der Waals surface area (Å²) < 4.78 is 21.8. The second-order valence-electron chi connectivity index (χ2n) is 7.39. The van der Waals surface area contributed by atoms with E-state index in [0.717, 1.165) is 35.9 Å². The monoisotopic (exact) mass is 588 g/mol.